The van der Waals surface area contributed by atoms with Gasteiger partial charge in [-0.2, -0.15) is 0 Å². The summed E-state index contributed by atoms with van der Waals surface area (Å²) in [6.07, 6.45) is 2.38. The molecule has 2 aromatic rings. The second kappa shape index (κ2) is 4.57. The molecule has 2 rings (SSSR count). The van der Waals surface area contributed by atoms with E-state index in [4.69, 9.17) is 0 Å². The molecular weight excluding hydrogens is 458 g/mol. The number of H-pyrrole nitrogens is 1. The number of hydrogen-bond acceptors (Lipinski definition) is 3. The summed E-state index contributed by atoms with van der Waals surface area (Å²) in [6, 6.07) is 7.75. The van der Waals surface area contributed by atoms with Gasteiger partial charge in [-0.25, -0.2) is 0 Å². The molecule has 0 saturated heterocycles. The maximum Gasteiger partial charge on any atom is 0.232 e. The van der Waals surface area contributed by atoms with E-state index in [-0.39, 0.29) is 0 Å². The van der Waals surface area contributed by atoms with Crippen molar-refractivity contribution < 1.29 is 0 Å². The van der Waals surface area contributed by atoms with Gasteiger partial charge in [0.2, 0.25) is 11.4 Å². The third-order valence-electron chi connectivity index (χ3n) is 2.19. The average Bonchev–Trinajstić information content (AvgIpc) is 2.25. The molecule has 0 fully saturated rings. The summed E-state index contributed by atoms with van der Waals surface area (Å²) in [5.41, 5.74) is 0.934. The molecule has 0 bridgehead atoms. The molecule has 17 heavy (non-hydrogen) atoms. The van der Waals surface area contributed by atoms with Crippen molar-refractivity contribution >= 4 is 0 Å². The Hall–Kier alpha value is -3.17. The van der Waals surface area contributed by atoms with Crippen molar-refractivity contribution in [2.24, 2.45) is 0 Å². The first-order valence-electron chi connectivity index (χ1n) is 4.79. The Bertz CT molecular complexity index is 601. The van der Waals surface area contributed by atoms with Crippen LogP contribution in [0, 0.1) is 13.3 Å². The molecule has 0 aliphatic rings. The molecule has 1 aromatic carbocycles. The van der Waals surface area contributed by atoms with Crippen molar-refractivity contribution in [3.8, 4) is 0 Å². The summed E-state index contributed by atoms with van der Waals surface area (Å²) in [5.74, 6) is 0. The van der Waals surface area contributed by atoms with Crippen molar-refractivity contribution in [3.63, 3.8) is 0 Å². The Morgan fingerprint density at radius 3 is 2.53 bits per heavy atom. The molecule has 0 atom stereocenters. The smallest absolute Gasteiger partial charge is 0.232 e. The van der Waals surface area contributed by atoms with Crippen molar-refractivity contribution in [2.75, 3.05) is 0 Å². The molecule has 0 spiro atoms. The van der Waals surface area contributed by atoms with Crippen LogP contribution in [-0.4, -0.2) is 14.5 Å². The maximum atomic E-state index is 11.3. The number of benzene rings is 1. The molecule has 5 nitrogen and oxygen atoms in total. The van der Waals surface area contributed by atoms with Crippen LogP contribution in [0.5, 0.6) is 0 Å². The van der Waals surface area contributed by atoms with Gasteiger partial charge in [-0.1, -0.05) is 29.8 Å². The first kappa shape index (κ1) is 11.9. The van der Waals surface area contributed by atoms with Crippen LogP contribution < -0.4 is 11.4 Å². The van der Waals surface area contributed by atoms with Gasteiger partial charge in [-0.05, 0) is 12.5 Å². The van der Waals surface area contributed by atoms with E-state index in [1.54, 1.807) is 0 Å². The number of nitrogens with one attached hydrogen (secondary N) is 1. The molecule has 1 N–H and O–H groups in total. The number of rotatable bonds is 2. The summed E-state index contributed by atoms with van der Waals surface area (Å²) in [6.45, 7) is 2.34. The van der Waals surface area contributed by atoms with Gasteiger partial charge in [0, 0.05) is 12.9 Å². The standard InChI is InChI=1S/C11H10N3O2.Es/c1-8-2-4-9(5-3-8)6-14-7-12-10(15)13-11(14)16;/h2-5H,6H2,1H3,(H,13,15,16);/q-1;. The zero-order valence-corrected chi connectivity index (χ0v) is 11.5. The maximum absolute atomic E-state index is 11.3. The number of nitrogens with zero attached hydrogens (tertiary/aromatic N) is 2. The van der Waals surface area contributed by atoms with Crippen LogP contribution in [0.2, 0.25) is 0 Å². The van der Waals surface area contributed by atoms with Crippen molar-refractivity contribution in [2.45, 2.75) is 13.5 Å². The van der Waals surface area contributed by atoms with E-state index >= 15 is 0 Å². The van der Waals surface area contributed by atoms with Gasteiger partial charge in [0.1, 0.15) is 0 Å². The van der Waals surface area contributed by atoms with Crippen molar-refractivity contribution in [1.82, 2.24) is 14.5 Å². The predicted molar refractivity (Wildman–Crippen MR) is 58.2 cm³/mol. The molecule has 0 saturated carbocycles. The first-order chi connectivity index (χ1) is 7.65. The second-order valence-electron chi connectivity index (χ2n) is 3.52. The first-order valence-corrected chi connectivity index (χ1v) is 4.79. The van der Waals surface area contributed by atoms with E-state index in [2.05, 4.69) is 16.3 Å². The largest absolute Gasteiger partial charge is 0.389 e. The monoisotopic (exact) mass is 468 g/mol. The Morgan fingerprint density at radius 2 is 1.94 bits per heavy atom. The van der Waals surface area contributed by atoms with Gasteiger partial charge < -0.3 is 24.1 Å². The zero-order valence-electron chi connectivity index (χ0n) is 9.03. The van der Waals surface area contributed by atoms with Crippen LogP contribution >= 0.6 is 0 Å². The average molecular weight is 468 g/mol. The van der Waals surface area contributed by atoms with Crippen LogP contribution in [0.15, 0.2) is 33.9 Å². The van der Waals surface area contributed by atoms with E-state index in [0.717, 1.165) is 11.1 Å². The fourth-order valence-electron chi connectivity index (χ4n) is 1.32. The Kier molecular flexibility index (Phi) is 3.20. The molecule has 1 aromatic heterocycles. The van der Waals surface area contributed by atoms with E-state index in [1.807, 2.05) is 31.2 Å². The fraction of sp³-hybridized carbons (Fsp3) is 0.182. The Balaban J connectivity index is 0.00000144. The quantitative estimate of drug-likeness (QED) is 0.636. The summed E-state index contributed by atoms with van der Waals surface area (Å²) in [4.78, 5) is 27.5. The van der Waals surface area contributed by atoms with Crippen molar-refractivity contribution in [1.29, 1.82) is 0 Å². The van der Waals surface area contributed by atoms with Crippen LogP contribution in [0.25, 0.3) is 0 Å². The Morgan fingerprint density at radius 1 is 1.29 bits per heavy atom. The molecule has 0 amide bonds. The van der Waals surface area contributed by atoms with Gasteiger partial charge >= 0.3 is 0 Å². The summed E-state index contributed by atoms with van der Waals surface area (Å²) in [5, 5.41) is 0. The van der Waals surface area contributed by atoms with Crippen LogP contribution in [-0.2, 0) is 6.54 Å². The number of aromatic nitrogens is 3. The zero-order chi connectivity index (χ0) is 11.5. The topological polar surface area (TPSA) is 67.8 Å². The third-order valence-corrected chi connectivity index (χ3v) is 2.19. The minimum atomic E-state index is -0.676. The molecule has 1 heterocycles. The minimum absolute atomic E-state index is 0. The molecule has 6 heteroatoms. The molecular formula is C11H10EsN3O2-. The fourth-order valence-corrected chi connectivity index (χ4v) is 1.32. The minimum Gasteiger partial charge on any atom is -0.389 e. The van der Waals surface area contributed by atoms with E-state index in [0.29, 0.717) is 6.54 Å². The van der Waals surface area contributed by atoms with Crippen LogP contribution in [0.1, 0.15) is 11.1 Å². The van der Waals surface area contributed by atoms with Gasteiger partial charge in [-0.15, -0.1) is 0 Å². The predicted octanol–water partition coefficient (Wildman–Crippen LogP) is 0.0885. The van der Waals surface area contributed by atoms with Gasteiger partial charge in [0.05, 0.1) is 0 Å². The third kappa shape index (κ3) is 2.65. The van der Waals surface area contributed by atoms with E-state index in [1.165, 1.54) is 4.57 Å². The van der Waals surface area contributed by atoms with Gasteiger partial charge in [0.15, 0.2) is 0 Å². The molecule has 1 radical (unpaired) electrons. The molecule has 0 aliphatic heterocycles. The van der Waals surface area contributed by atoms with Gasteiger partial charge in [-0.3, -0.25) is 0 Å². The number of aromatic amines is 1. The van der Waals surface area contributed by atoms with Crippen LogP contribution in [0.4, 0.5) is 0 Å². The second-order valence-corrected chi connectivity index (χ2v) is 3.52. The van der Waals surface area contributed by atoms with E-state index < -0.39 is 11.4 Å². The molecule has 93 valence electrons. The SMILES string of the molecule is Cc1ccc(Cn2[c-]nc(=O)[nH]c2=O)cc1.[Es]. The van der Waals surface area contributed by atoms with Crippen molar-refractivity contribution in [3.05, 3.63) is 62.7 Å². The van der Waals surface area contributed by atoms with Gasteiger partial charge in [0.25, 0.3) is 0 Å². The molecule has 0 aliphatic carbocycles. The normalized spacial score (nSPS) is 9.71. The van der Waals surface area contributed by atoms with Crippen LogP contribution in [0.3, 0.4) is 0 Å². The number of aryl methyl sites for hydroxylation is 1. The summed E-state index contributed by atoms with van der Waals surface area (Å²) in [7, 11) is 0. The molecule has 0 unspecified atom stereocenters. The number of hydrogen-bond donors (Lipinski definition) is 1. The summed E-state index contributed by atoms with van der Waals surface area (Å²) >= 11 is 0. The summed E-state index contributed by atoms with van der Waals surface area (Å²) < 4.78 is 1.23. The Labute approximate surface area is 91.4 Å². The van der Waals surface area contributed by atoms with E-state index in [9.17, 15) is 9.59 Å².